The minimum Gasteiger partial charge on any atom is -0.550 e. The molecule has 14 nitrogen and oxygen atoms in total. The van der Waals surface area contributed by atoms with Gasteiger partial charge in [-0.1, -0.05) is 0 Å². The Hall–Kier alpha value is -1.44. The Morgan fingerprint density at radius 1 is 0.483 bits per heavy atom. The van der Waals surface area contributed by atoms with Gasteiger partial charge in [0.05, 0.1) is 23.8 Å². The van der Waals surface area contributed by atoms with Crippen LogP contribution in [0.25, 0.3) is 0 Å². The van der Waals surface area contributed by atoms with Crippen molar-refractivity contribution in [1.29, 1.82) is 0 Å². The number of carbonyl (C=O) groups excluding carboxylic acids is 8. The topological polar surface area (TPSA) is 275 Å². The van der Waals surface area contributed by atoms with Crippen LogP contribution in [0.4, 0.5) is 0 Å². The van der Waals surface area contributed by atoms with Gasteiger partial charge in [0.2, 0.25) is 0 Å². The summed E-state index contributed by atoms with van der Waals surface area (Å²) in [6.07, 6.45) is -2.48. The zero-order chi connectivity index (χ0) is 21.2. The van der Waals surface area contributed by atoms with E-state index >= 15 is 0 Å². The second-order valence-electron chi connectivity index (χ2n) is 4.20. The van der Waals surface area contributed by atoms with E-state index < -0.39 is 72.1 Å². The number of carbonyl (C=O) groups is 8. The van der Waals surface area contributed by atoms with Gasteiger partial charge in [0.25, 0.3) is 0 Å². The molecule has 29 heavy (non-hydrogen) atoms. The molecule has 0 bridgehead atoms. The summed E-state index contributed by atoms with van der Waals surface area (Å²) in [5.41, 5.74) is 0. The van der Waals surface area contributed by atoms with Crippen LogP contribution in [0.2, 0.25) is 0 Å². The fraction of sp³-hybridized carbons (Fsp3) is 0.333. The van der Waals surface area contributed by atoms with Crippen molar-refractivity contribution in [3.8, 4) is 0 Å². The maximum Gasteiger partial charge on any atom is 2.00 e. The van der Waals surface area contributed by atoms with Crippen molar-refractivity contribution in [2.45, 2.75) is 12.8 Å². The maximum atomic E-state index is 10.4. The zero-order valence-corrected chi connectivity index (χ0v) is 22.3. The number of rotatable bonds is 10. The SMILES string of the molecule is O=C([O-])CC(C(=O)[O-])C(=O)C(=O)[O-].O=C([O-])CC(C(=O)[O-])C(=O)C(=O)[O-].[Sn+2].[Sn+2].[Sn+2]. The van der Waals surface area contributed by atoms with Crippen molar-refractivity contribution in [1.82, 2.24) is 0 Å². The third-order valence-corrected chi connectivity index (χ3v) is 2.35. The molecule has 0 aromatic rings. The first-order valence-electron chi connectivity index (χ1n) is 6.04. The van der Waals surface area contributed by atoms with Crippen molar-refractivity contribution in [3.63, 3.8) is 0 Å². The van der Waals surface area contributed by atoms with Crippen molar-refractivity contribution in [2.75, 3.05) is 0 Å². The van der Waals surface area contributed by atoms with Gasteiger partial charge in [0.1, 0.15) is 11.9 Å². The summed E-state index contributed by atoms with van der Waals surface area (Å²) < 4.78 is 0. The predicted molar refractivity (Wildman–Crippen MR) is 73.5 cm³/mol. The Balaban J connectivity index is -0.000000120. The quantitative estimate of drug-likeness (QED) is 0.115. The maximum absolute atomic E-state index is 10.4. The monoisotopic (exact) mass is 734 g/mol. The van der Waals surface area contributed by atoms with Gasteiger partial charge >= 0.3 is 71.7 Å². The second kappa shape index (κ2) is 18.6. The average molecular weight is 730 g/mol. The third kappa shape index (κ3) is 17.2. The van der Waals surface area contributed by atoms with E-state index in [9.17, 15) is 69.0 Å². The molecule has 2 atom stereocenters. The molecule has 2 unspecified atom stereocenters. The molecular formula is C12H6O14Sn3. The van der Waals surface area contributed by atoms with Crippen LogP contribution < -0.4 is 30.6 Å². The van der Waals surface area contributed by atoms with Crippen LogP contribution in [0.5, 0.6) is 0 Å². The normalized spacial score (nSPS) is 10.5. The van der Waals surface area contributed by atoms with Gasteiger partial charge in [-0.05, 0) is 0 Å². The molecule has 0 fully saturated rings. The summed E-state index contributed by atoms with van der Waals surface area (Å²) in [5, 5.41) is 59.6. The van der Waals surface area contributed by atoms with Crippen molar-refractivity contribution in [2.24, 2.45) is 11.8 Å². The van der Waals surface area contributed by atoms with E-state index in [1.54, 1.807) is 0 Å². The number of carboxylic acid groups (broad SMARTS) is 6. The van der Waals surface area contributed by atoms with Gasteiger partial charge in [-0.25, -0.2) is 0 Å². The molecular weight excluding hydrogens is 724 g/mol. The second-order valence-corrected chi connectivity index (χ2v) is 4.20. The van der Waals surface area contributed by atoms with Gasteiger partial charge in [-0.15, -0.1) is 0 Å². The molecule has 0 aromatic heterocycles. The summed E-state index contributed by atoms with van der Waals surface area (Å²) in [7, 11) is 0. The van der Waals surface area contributed by atoms with Crippen LogP contribution in [0.3, 0.4) is 0 Å². The Bertz CT molecular complexity index is 602. The van der Waals surface area contributed by atoms with Crippen LogP contribution in [0, 0.1) is 11.8 Å². The number of ketones is 2. The molecule has 0 aromatic carbocycles. The van der Waals surface area contributed by atoms with Crippen molar-refractivity contribution >= 4 is 119 Å². The van der Waals surface area contributed by atoms with Crippen molar-refractivity contribution < 1.29 is 69.0 Å². The van der Waals surface area contributed by atoms with E-state index in [1.165, 1.54) is 0 Å². The summed E-state index contributed by atoms with van der Waals surface area (Å²) in [6.45, 7) is 0. The van der Waals surface area contributed by atoms with E-state index in [0.717, 1.165) is 0 Å². The molecule has 0 spiro atoms. The molecule has 0 aliphatic rings. The van der Waals surface area contributed by atoms with Gasteiger partial charge in [-0.3, -0.25) is 9.59 Å². The Labute approximate surface area is 211 Å². The van der Waals surface area contributed by atoms with E-state index in [1.807, 2.05) is 0 Å². The summed E-state index contributed by atoms with van der Waals surface area (Å²) in [5.74, 6) is -20.6. The van der Waals surface area contributed by atoms with Crippen molar-refractivity contribution in [3.05, 3.63) is 0 Å². The molecule has 0 saturated carbocycles. The fourth-order valence-electron chi connectivity index (χ4n) is 1.18. The van der Waals surface area contributed by atoms with Crippen LogP contribution in [0.1, 0.15) is 12.8 Å². The number of Topliss-reactive ketones (excluding diaryl/α,β-unsaturated/α-hetero) is 2. The summed E-state index contributed by atoms with van der Waals surface area (Å²) in [6, 6.07) is 0. The van der Waals surface area contributed by atoms with Crippen LogP contribution in [-0.4, -0.2) is 119 Å². The third-order valence-electron chi connectivity index (χ3n) is 2.35. The minimum atomic E-state index is -2.27. The fourth-order valence-corrected chi connectivity index (χ4v) is 1.18. The standard InChI is InChI=1S/2C6H6O7.3Sn/c2*7-3(8)1-2(5(10)11)4(9)6(12)13;;;/h2*2H,1H2,(H,7,8)(H,10,11)(H,12,13);;;/q;;3*+2/p-6. The van der Waals surface area contributed by atoms with Crippen LogP contribution in [-0.2, 0) is 38.4 Å². The van der Waals surface area contributed by atoms with Crippen LogP contribution in [0.15, 0.2) is 0 Å². The smallest absolute Gasteiger partial charge is 0.550 e. The molecule has 0 amide bonds. The van der Waals surface area contributed by atoms with Crippen LogP contribution >= 0.6 is 0 Å². The Morgan fingerprint density at radius 3 is 0.793 bits per heavy atom. The molecule has 0 heterocycles. The Kier molecular flexibility index (Phi) is 24.5. The first-order valence-corrected chi connectivity index (χ1v) is 6.04. The first kappa shape index (κ1) is 38.2. The van der Waals surface area contributed by atoms with Gasteiger partial charge < -0.3 is 59.4 Å². The number of carboxylic acids is 6. The number of aliphatic carboxylic acids is 6. The minimum absolute atomic E-state index is 0. The Morgan fingerprint density at radius 2 is 0.690 bits per heavy atom. The molecule has 6 radical (unpaired) electrons. The average Bonchev–Trinajstić information content (AvgIpc) is 2.48. The molecule has 0 aliphatic heterocycles. The van der Waals surface area contributed by atoms with E-state index in [2.05, 4.69) is 0 Å². The molecule has 0 N–H and O–H groups in total. The van der Waals surface area contributed by atoms with E-state index in [4.69, 9.17) is 0 Å². The molecule has 0 saturated heterocycles. The molecule has 17 heteroatoms. The largest absolute Gasteiger partial charge is 2.00 e. The zero-order valence-electron chi connectivity index (χ0n) is 13.8. The molecule has 0 aliphatic carbocycles. The van der Waals surface area contributed by atoms with E-state index in [0.29, 0.717) is 0 Å². The van der Waals surface area contributed by atoms with Gasteiger partial charge in [0.15, 0.2) is 11.6 Å². The number of hydrogen-bond acceptors (Lipinski definition) is 14. The summed E-state index contributed by atoms with van der Waals surface area (Å²) in [4.78, 5) is 80.5. The summed E-state index contributed by atoms with van der Waals surface area (Å²) >= 11 is 0. The first-order chi connectivity index (χ1) is 11.7. The number of hydrogen-bond donors (Lipinski definition) is 0. The van der Waals surface area contributed by atoms with Gasteiger partial charge in [-0.2, -0.15) is 0 Å². The molecule has 150 valence electrons. The van der Waals surface area contributed by atoms with E-state index in [-0.39, 0.29) is 71.7 Å². The molecule has 0 rings (SSSR count). The van der Waals surface area contributed by atoms with Gasteiger partial charge in [0, 0.05) is 24.8 Å². The predicted octanol–water partition coefficient (Wildman–Crippen LogP) is -11.5.